The monoisotopic (exact) mass is 441 g/mol. The van der Waals surface area contributed by atoms with Crippen LogP contribution in [0, 0.1) is 13.8 Å². The van der Waals surface area contributed by atoms with Gasteiger partial charge in [-0.2, -0.15) is 8.42 Å². The molecule has 0 spiro atoms. The Kier molecular flexibility index (Phi) is 7.45. The van der Waals surface area contributed by atoms with Crippen LogP contribution in [-0.2, 0) is 24.3 Å². The van der Waals surface area contributed by atoms with Crippen molar-refractivity contribution in [2.24, 2.45) is 0 Å². The molecule has 0 aliphatic rings. The number of anilines is 1. The Hall–Kier alpha value is -1.94. The van der Waals surface area contributed by atoms with Crippen molar-refractivity contribution < 1.29 is 26.1 Å². The van der Waals surface area contributed by atoms with E-state index in [1.807, 2.05) is 6.92 Å². The summed E-state index contributed by atoms with van der Waals surface area (Å²) >= 11 is 0. The van der Waals surface area contributed by atoms with E-state index in [4.69, 9.17) is 4.18 Å². The van der Waals surface area contributed by atoms with Gasteiger partial charge in [0.25, 0.3) is 20.1 Å². The van der Waals surface area contributed by atoms with Gasteiger partial charge in [0.15, 0.2) is 0 Å². The molecule has 160 valence electrons. The molecule has 0 fully saturated rings. The molecule has 0 radical (unpaired) electrons. The quantitative estimate of drug-likeness (QED) is 0.601. The first-order valence-corrected chi connectivity index (χ1v) is 12.1. The van der Waals surface area contributed by atoms with Crippen molar-refractivity contribution in [1.29, 1.82) is 0 Å². The van der Waals surface area contributed by atoms with Gasteiger partial charge in [-0.15, -0.1) is 0 Å². The number of aliphatic hydroxyl groups excluding tert-OH is 1. The van der Waals surface area contributed by atoms with Crippen LogP contribution < -0.4 is 4.31 Å². The van der Waals surface area contributed by atoms with Crippen LogP contribution in [0.1, 0.15) is 31.4 Å². The van der Waals surface area contributed by atoms with E-state index >= 15 is 0 Å². The normalized spacial score (nSPS) is 13.3. The minimum atomic E-state index is -4.19. The van der Waals surface area contributed by atoms with Crippen LogP contribution >= 0.6 is 0 Å². The van der Waals surface area contributed by atoms with Gasteiger partial charge in [0.2, 0.25) is 0 Å². The maximum Gasteiger partial charge on any atom is 0.299 e. The number of benzene rings is 2. The topological polar surface area (TPSA) is 101 Å². The zero-order chi connectivity index (χ0) is 21.8. The van der Waals surface area contributed by atoms with Gasteiger partial charge in [-0.3, -0.25) is 8.49 Å². The highest BCUT2D eigenvalue weighted by molar-refractivity contribution is 7.93. The first-order valence-electron chi connectivity index (χ1n) is 9.26. The highest BCUT2D eigenvalue weighted by atomic mass is 32.2. The fourth-order valence-electron chi connectivity index (χ4n) is 2.69. The van der Waals surface area contributed by atoms with Crippen molar-refractivity contribution in [2.75, 3.05) is 17.5 Å². The van der Waals surface area contributed by atoms with Crippen LogP contribution in [0.15, 0.2) is 52.3 Å². The Morgan fingerprint density at radius 1 is 1.00 bits per heavy atom. The maximum atomic E-state index is 13.4. The molecule has 0 saturated carbocycles. The van der Waals surface area contributed by atoms with Crippen LogP contribution in [-0.4, -0.2) is 41.2 Å². The van der Waals surface area contributed by atoms with Crippen LogP contribution in [0.4, 0.5) is 5.69 Å². The number of sulfonamides is 1. The molecular formula is C20H27NO6S2. The van der Waals surface area contributed by atoms with E-state index in [1.165, 1.54) is 31.2 Å². The molecule has 9 heteroatoms. The highest BCUT2D eigenvalue weighted by Gasteiger charge is 2.31. The number of hydrogen-bond acceptors (Lipinski definition) is 6. The summed E-state index contributed by atoms with van der Waals surface area (Å²) in [5, 5.41) is 9.96. The lowest BCUT2D eigenvalue weighted by molar-refractivity contribution is 0.204. The van der Waals surface area contributed by atoms with Gasteiger partial charge in [0, 0.05) is 0 Å². The van der Waals surface area contributed by atoms with Crippen molar-refractivity contribution in [3.63, 3.8) is 0 Å². The second kappa shape index (κ2) is 9.25. The van der Waals surface area contributed by atoms with Crippen molar-refractivity contribution in [3.8, 4) is 0 Å². The van der Waals surface area contributed by atoms with Gasteiger partial charge >= 0.3 is 0 Å². The predicted molar refractivity (Wildman–Crippen MR) is 112 cm³/mol. The van der Waals surface area contributed by atoms with Crippen LogP contribution in [0.25, 0.3) is 0 Å². The van der Waals surface area contributed by atoms with Crippen molar-refractivity contribution in [1.82, 2.24) is 0 Å². The molecule has 1 unspecified atom stereocenters. The third-order valence-corrected chi connectivity index (χ3v) is 7.29. The summed E-state index contributed by atoms with van der Waals surface area (Å²) in [5.41, 5.74) is 1.50. The van der Waals surface area contributed by atoms with E-state index in [0.29, 0.717) is 12.0 Å². The molecule has 0 heterocycles. The third-order valence-electron chi connectivity index (χ3n) is 4.13. The number of aryl methyl sites for hydroxylation is 2. The van der Waals surface area contributed by atoms with E-state index in [2.05, 4.69) is 0 Å². The zero-order valence-electron chi connectivity index (χ0n) is 17.0. The Morgan fingerprint density at radius 2 is 1.59 bits per heavy atom. The molecule has 0 aromatic heterocycles. The summed E-state index contributed by atoms with van der Waals surface area (Å²) in [6, 6.07) is 10.6. The number of hydrogen-bond donors (Lipinski definition) is 1. The lowest BCUT2D eigenvalue weighted by Crippen LogP contribution is -2.37. The summed E-state index contributed by atoms with van der Waals surface area (Å²) in [7, 11) is -8.32. The Balaban J connectivity index is 2.70. The highest BCUT2D eigenvalue weighted by Crippen LogP contribution is 2.32. The van der Waals surface area contributed by atoms with Crippen molar-refractivity contribution in [3.05, 3.63) is 53.6 Å². The average molecular weight is 442 g/mol. The smallest absolute Gasteiger partial charge is 0.299 e. The SMILES string of the molecule is CCCOS(=O)(=O)c1ccc(C)cc1N(CC(C)O)S(=O)(=O)c1ccc(C)cc1. The van der Waals surface area contributed by atoms with E-state index in [0.717, 1.165) is 9.87 Å². The predicted octanol–water partition coefficient (Wildman–Crippen LogP) is 2.99. The van der Waals surface area contributed by atoms with Gasteiger partial charge in [0.05, 0.1) is 29.8 Å². The van der Waals surface area contributed by atoms with Gasteiger partial charge in [-0.1, -0.05) is 30.7 Å². The largest absolute Gasteiger partial charge is 0.392 e. The summed E-state index contributed by atoms with van der Waals surface area (Å²) in [4.78, 5) is -0.254. The van der Waals surface area contributed by atoms with E-state index in [-0.39, 0.29) is 28.6 Å². The van der Waals surface area contributed by atoms with E-state index in [1.54, 1.807) is 32.0 Å². The molecule has 0 bridgehead atoms. The molecular weight excluding hydrogens is 414 g/mol. The molecule has 0 aliphatic heterocycles. The second-order valence-corrected chi connectivity index (χ2v) is 10.4. The van der Waals surface area contributed by atoms with Crippen LogP contribution in [0.5, 0.6) is 0 Å². The number of rotatable bonds is 9. The Bertz CT molecular complexity index is 1040. The molecule has 2 aromatic rings. The number of aliphatic hydroxyl groups is 1. The molecule has 2 rings (SSSR count). The standard InChI is InChI=1S/C20H27NO6S2/c1-5-12-27-29(25,26)20-11-8-16(3)13-19(20)21(14-17(4)22)28(23,24)18-9-6-15(2)7-10-18/h6-11,13,17,22H,5,12,14H2,1-4H3. The summed E-state index contributed by atoms with van der Waals surface area (Å²) < 4.78 is 58.1. The summed E-state index contributed by atoms with van der Waals surface area (Å²) in [6.45, 7) is 6.45. The van der Waals surface area contributed by atoms with Gasteiger partial charge in [-0.05, 0) is 57.0 Å². The zero-order valence-corrected chi connectivity index (χ0v) is 18.6. The second-order valence-electron chi connectivity index (χ2n) is 6.95. The Labute approximate surface area is 173 Å². The minimum absolute atomic E-state index is 0.00285. The molecule has 1 N–H and O–H groups in total. The molecule has 0 aliphatic carbocycles. The lowest BCUT2D eigenvalue weighted by atomic mass is 10.2. The van der Waals surface area contributed by atoms with Crippen LogP contribution in [0.2, 0.25) is 0 Å². The summed E-state index contributed by atoms with van der Waals surface area (Å²) in [6.07, 6.45) is -0.540. The van der Waals surface area contributed by atoms with Crippen molar-refractivity contribution in [2.45, 2.75) is 50.0 Å². The molecule has 0 saturated heterocycles. The Morgan fingerprint density at radius 3 is 2.14 bits per heavy atom. The van der Waals surface area contributed by atoms with E-state index < -0.39 is 26.2 Å². The minimum Gasteiger partial charge on any atom is -0.392 e. The molecule has 7 nitrogen and oxygen atoms in total. The molecule has 1 atom stereocenters. The number of nitrogens with zero attached hydrogens (tertiary/aromatic N) is 1. The van der Waals surface area contributed by atoms with Gasteiger partial charge in [-0.25, -0.2) is 8.42 Å². The third kappa shape index (κ3) is 5.57. The average Bonchev–Trinajstić information content (AvgIpc) is 2.64. The molecule has 2 aromatic carbocycles. The van der Waals surface area contributed by atoms with Gasteiger partial charge in [0.1, 0.15) is 4.90 Å². The van der Waals surface area contributed by atoms with Crippen molar-refractivity contribution >= 4 is 25.8 Å². The fourth-order valence-corrected chi connectivity index (χ4v) is 5.48. The van der Waals surface area contributed by atoms with E-state index in [9.17, 15) is 21.9 Å². The fraction of sp³-hybridized carbons (Fsp3) is 0.400. The molecule has 29 heavy (non-hydrogen) atoms. The maximum absolute atomic E-state index is 13.4. The molecule has 0 amide bonds. The summed E-state index contributed by atoms with van der Waals surface area (Å²) in [5.74, 6) is 0. The van der Waals surface area contributed by atoms with Crippen LogP contribution in [0.3, 0.4) is 0 Å². The lowest BCUT2D eigenvalue weighted by Gasteiger charge is -2.28. The first-order chi connectivity index (χ1) is 13.5. The first kappa shape index (κ1) is 23.3. The van der Waals surface area contributed by atoms with Gasteiger partial charge < -0.3 is 5.11 Å².